The van der Waals surface area contributed by atoms with Gasteiger partial charge in [0, 0.05) is 18.0 Å². The minimum atomic E-state index is -0.179. The predicted molar refractivity (Wildman–Crippen MR) is 74.8 cm³/mol. The van der Waals surface area contributed by atoms with Crippen molar-refractivity contribution in [2.45, 2.75) is 44.6 Å². The van der Waals surface area contributed by atoms with Gasteiger partial charge in [0.05, 0.1) is 11.8 Å². The predicted octanol–water partition coefficient (Wildman–Crippen LogP) is 2.32. The summed E-state index contributed by atoms with van der Waals surface area (Å²) in [6, 6.07) is -0.179. The number of carbonyl (C=O) groups excluding carboxylic acids is 1. The number of nitrogens with zero attached hydrogens (tertiary/aromatic N) is 1. The summed E-state index contributed by atoms with van der Waals surface area (Å²) in [5.74, 6) is 0. The topological polar surface area (TPSA) is 63.2 Å². The van der Waals surface area contributed by atoms with Crippen molar-refractivity contribution in [2.75, 3.05) is 18.5 Å². The molecule has 2 amide bonds. The summed E-state index contributed by atoms with van der Waals surface area (Å²) in [5, 5.41) is 6.39. The molecule has 0 spiro atoms. The molecule has 5 nitrogen and oxygen atoms in total. The van der Waals surface area contributed by atoms with Crippen molar-refractivity contribution in [3.05, 3.63) is 10.6 Å². The third-order valence-electron chi connectivity index (χ3n) is 3.58. The van der Waals surface area contributed by atoms with Crippen molar-refractivity contribution in [1.29, 1.82) is 0 Å². The summed E-state index contributed by atoms with van der Waals surface area (Å²) < 4.78 is 5.46. The van der Waals surface area contributed by atoms with Crippen molar-refractivity contribution >= 4 is 22.5 Å². The fourth-order valence-corrected chi connectivity index (χ4v) is 3.60. The van der Waals surface area contributed by atoms with Gasteiger partial charge < -0.3 is 10.1 Å². The highest BCUT2D eigenvalue weighted by molar-refractivity contribution is 7.15. The van der Waals surface area contributed by atoms with Crippen LogP contribution >= 0.6 is 11.3 Å². The van der Waals surface area contributed by atoms with Gasteiger partial charge in [-0.3, -0.25) is 5.32 Å². The second-order valence-electron chi connectivity index (χ2n) is 5.07. The molecule has 1 aromatic rings. The molecule has 0 aromatic carbocycles. The lowest BCUT2D eigenvalue weighted by Gasteiger charge is -2.10. The van der Waals surface area contributed by atoms with E-state index in [2.05, 4.69) is 15.6 Å². The summed E-state index contributed by atoms with van der Waals surface area (Å²) in [4.78, 5) is 17.6. The average Bonchev–Trinajstić information content (AvgIpc) is 3.04. The lowest BCUT2D eigenvalue weighted by atomic mass is 10.0. The molecule has 6 heteroatoms. The third-order valence-corrected chi connectivity index (χ3v) is 4.65. The second-order valence-corrected chi connectivity index (χ2v) is 6.15. The zero-order chi connectivity index (χ0) is 13.1. The molecule has 0 bridgehead atoms. The Balaban J connectivity index is 1.49. The molecule has 0 radical (unpaired) electrons. The number of carbonyl (C=O) groups is 1. The van der Waals surface area contributed by atoms with E-state index in [4.69, 9.17) is 4.74 Å². The molecule has 0 saturated carbocycles. The summed E-state index contributed by atoms with van der Waals surface area (Å²) in [6.45, 7) is 1.39. The van der Waals surface area contributed by atoms with Gasteiger partial charge in [0.25, 0.3) is 0 Å². The Hall–Kier alpha value is -1.14. The van der Waals surface area contributed by atoms with Crippen LogP contribution in [0.15, 0.2) is 0 Å². The van der Waals surface area contributed by atoms with Crippen LogP contribution in [0.1, 0.15) is 36.3 Å². The van der Waals surface area contributed by atoms with E-state index in [9.17, 15) is 4.79 Å². The zero-order valence-corrected chi connectivity index (χ0v) is 11.7. The molecule has 1 saturated heterocycles. The number of ether oxygens (including phenoxy) is 1. The molecular formula is C13H19N3O2S. The SMILES string of the molecule is O=C(NCC1CCCO1)Nc1nc2c(s1)CCCC2. The van der Waals surface area contributed by atoms with Gasteiger partial charge in [-0.2, -0.15) is 0 Å². The molecule has 19 heavy (non-hydrogen) atoms. The number of fused-ring (bicyclic) bond motifs is 1. The molecule has 2 aliphatic rings. The Bertz CT molecular complexity index is 431. The first-order chi connectivity index (χ1) is 9.31. The maximum absolute atomic E-state index is 11.8. The zero-order valence-electron chi connectivity index (χ0n) is 10.9. The van der Waals surface area contributed by atoms with Crippen LogP contribution in [-0.4, -0.2) is 30.3 Å². The summed E-state index contributed by atoms with van der Waals surface area (Å²) in [6.07, 6.45) is 6.90. The van der Waals surface area contributed by atoms with E-state index in [1.165, 1.54) is 23.4 Å². The van der Waals surface area contributed by atoms with Crippen LogP contribution in [0, 0.1) is 0 Å². The van der Waals surface area contributed by atoms with E-state index in [0.717, 1.165) is 37.4 Å². The highest BCUT2D eigenvalue weighted by Gasteiger charge is 2.18. The lowest BCUT2D eigenvalue weighted by Crippen LogP contribution is -2.35. The average molecular weight is 281 g/mol. The molecule has 1 fully saturated rings. The summed E-state index contributed by atoms with van der Waals surface area (Å²) in [7, 11) is 0. The number of aryl methyl sites for hydroxylation is 2. The van der Waals surface area contributed by atoms with Gasteiger partial charge in [0.1, 0.15) is 0 Å². The largest absolute Gasteiger partial charge is 0.376 e. The van der Waals surface area contributed by atoms with E-state index in [0.29, 0.717) is 6.54 Å². The van der Waals surface area contributed by atoms with Crippen LogP contribution in [0.5, 0.6) is 0 Å². The monoisotopic (exact) mass is 281 g/mol. The van der Waals surface area contributed by atoms with Crippen LogP contribution in [0.3, 0.4) is 0 Å². The third kappa shape index (κ3) is 3.25. The number of thiazole rings is 1. The minimum absolute atomic E-state index is 0.176. The lowest BCUT2D eigenvalue weighted by molar-refractivity contribution is 0.112. The Kier molecular flexibility index (Phi) is 3.98. The van der Waals surface area contributed by atoms with Gasteiger partial charge in [0.2, 0.25) is 0 Å². The molecule has 1 atom stereocenters. The molecule has 1 unspecified atom stereocenters. The molecule has 1 aliphatic heterocycles. The van der Waals surface area contributed by atoms with E-state index >= 15 is 0 Å². The number of nitrogens with one attached hydrogen (secondary N) is 2. The fraction of sp³-hybridized carbons (Fsp3) is 0.692. The second kappa shape index (κ2) is 5.88. The number of hydrogen-bond acceptors (Lipinski definition) is 4. The van der Waals surface area contributed by atoms with Crippen molar-refractivity contribution in [3.63, 3.8) is 0 Å². The number of anilines is 1. The number of rotatable bonds is 3. The summed E-state index contributed by atoms with van der Waals surface area (Å²) >= 11 is 1.61. The Morgan fingerprint density at radius 3 is 3.05 bits per heavy atom. The quantitative estimate of drug-likeness (QED) is 0.893. The van der Waals surface area contributed by atoms with Crippen molar-refractivity contribution in [1.82, 2.24) is 10.3 Å². The Morgan fingerprint density at radius 2 is 2.26 bits per heavy atom. The Morgan fingerprint density at radius 1 is 1.37 bits per heavy atom. The number of hydrogen-bond donors (Lipinski definition) is 2. The molecule has 2 N–H and O–H groups in total. The van der Waals surface area contributed by atoms with Crippen LogP contribution in [-0.2, 0) is 17.6 Å². The minimum Gasteiger partial charge on any atom is -0.376 e. The van der Waals surface area contributed by atoms with E-state index in [1.807, 2.05) is 0 Å². The smallest absolute Gasteiger partial charge is 0.321 e. The summed E-state index contributed by atoms with van der Waals surface area (Å²) in [5.41, 5.74) is 1.17. The maximum Gasteiger partial charge on any atom is 0.321 e. The van der Waals surface area contributed by atoms with Crippen LogP contribution in [0.25, 0.3) is 0 Å². The van der Waals surface area contributed by atoms with Gasteiger partial charge in [-0.1, -0.05) is 0 Å². The first kappa shape index (κ1) is 12.9. The van der Waals surface area contributed by atoms with Gasteiger partial charge in [-0.15, -0.1) is 11.3 Å². The first-order valence-corrected chi connectivity index (χ1v) is 7.78. The maximum atomic E-state index is 11.8. The number of amides is 2. The number of aromatic nitrogens is 1. The molecular weight excluding hydrogens is 262 g/mol. The molecule has 1 aromatic heterocycles. The Labute approximate surface area is 116 Å². The van der Waals surface area contributed by atoms with Crippen LogP contribution in [0.4, 0.5) is 9.93 Å². The van der Waals surface area contributed by atoms with Crippen LogP contribution in [0.2, 0.25) is 0 Å². The van der Waals surface area contributed by atoms with E-state index < -0.39 is 0 Å². The van der Waals surface area contributed by atoms with Crippen molar-refractivity contribution in [3.8, 4) is 0 Å². The highest BCUT2D eigenvalue weighted by Crippen LogP contribution is 2.29. The van der Waals surface area contributed by atoms with Crippen molar-refractivity contribution in [2.24, 2.45) is 0 Å². The molecule has 1 aliphatic carbocycles. The normalized spacial score (nSPS) is 22.0. The first-order valence-electron chi connectivity index (χ1n) is 6.96. The number of urea groups is 1. The molecule has 104 valence electrons. The van der Waals surface area contributed by atoms with Gasteiger partial charge in [0.15, 0.2) is 5.13 Å². The molecule has 3 rings (SSSR count). The van der Waals surface area contributed by atoms with Gasteiger partial charge in [-0.05, 0) is 38.5 Å². The van der Waals surface area contributed by atoms with E-state index in [1.54, 1.807) is 11.3 Å². The highest BCUT2D eigenvalue weighted by atomic mass is 32.1. The van der Waals surface area contributed by atoms with Crippen molar-refractivity contribution < 1.29 is 9.53 Å². The van der Waals surface area contributed by atoms with E-state index in [-0.39, 0.29) is 12.1 Å². The van der Waals surface area contributed by atoms with Gasteiger partial charge in [-0.25, -0.2) is 9.78 Å². The van der Waals surface area contributed by atoms with Crippen LogP contribution < -0.4 is 10.6 Å². The standard InChI is InChI=1S/C13H19N3O2S/c17-12(14-8-9-4-3-7-18-9)16-13-15-10-5-1-2-6-11(10)19-13/h9H,1-8H2,(H2,14,15,16,17). The van der Waals surface area contributed by atoms with Gasteiger partial charge >= 0.3 is 6.03 Å². The fourth-order valence-electron chi connectivity index (χ4n) is 2.56. The molecule has 2 heterocycles.